The van der Waals surface area contributed by atoms with Crippen LogP contribution >= 0.6 is 0 Å². The fourth-order valence-corrected chi connectivity index (χ4v) is 2.39. The second-order valence-corrected chi connectivity index (χ2v) is 5.27. The molecule has 1 nitrogen and oxygen atoms in total. The van der Waals surface area contributed by atoms with Crippen molar-refractivity contribution in [2.75, 3.05) is 0 Å². The fourth-order valence-electron chi connectivity index (χ4n) is 2.39. The van der Waals surface area contributed by atoms with Crippen molar-refractivity contribution in [2.45, 2.75) is 0 Å². The number of hydrogen-bond donors (Lipinski definition) is 1. The van der Waals surface area contributed by atoms with E-state index in [0.29, 0.717) is 0 Å². The number of hydrogen-bond acceptors (Lipinski definition) is 1. The summed E-state index contributed by atoms with van der Waals surface area (Å²) in [5.74, 6) is 0.285. The van der Waals surface area contributed by atoms with E-state index in [1.807, 2.05) is 78.9 Å². The summed E-state index contributed by atoms with van der Waals surface area (Å²) >= 11 is 0. The van der Waals surface area contributed by atoms with Gasteiger partial charge in [-0.3, -0.25) is 0 Å². The maximum Gasteiger partial charge on any atom is 0.123 e. The molecule has 1 heteroatoms. The molecular weight excluding hydrogens is 304 g/mol. The Morgan fingerprint density at radius 1 is 0.560 bits per heavy atom. The summed E-state index contributed by atoms with van der Waals surface area (Å²) < 4.78 is 0. The molecule has 0 unspecified atom stereocenters. The van der Waals surface area contributed by atoms with Crippen LogP contribution in [-0.2, 0) is 0 Å². The topological polar surface area (TPSA) is 20.2 Å². The Bertz CT molecular complexity index is 830. The zero-order valence-corrected chi connectivity index (χ0v) is 14.2. The Kier molecular flexibility index (Phi) is 7.02. The Morgan fingerprint density at radius 2 is 1.08 bits per heavy atom. The SMILES string of the molecule is C=C.Oc1cccc(/C=C/c2ccccc2)c1/C=C/c1ccccc1. The summed E-state index contributed by atoms with van der Waals surface area (Å²) in [5, 5.41) is 10.2. The van der Waals surface area contributed by atoms with Crippen molar-refractivity contribution in [3.63, 3.8) is 0 Å². The van der Waals surface area contributed by atoms with Crippen molar-refractivity contribution in [1.29, 1.82) is 0 Å². The number of phenolic OH excluding ortho intramolecular Hbond substituents is 1. The van der Waals surface area contributed by atoms with E-state index in [2.05, 4.69) is 31.4 Å². The molecule has 0 aromatic heterocycles. The van der Waals surface area contributed by atoms with E-state index in [0.717, 1.165) is 22.3 Å². The average molecular weight is 326 g/mol. The molecule has 0 aliphatic rings. The van der Waals surface area contributed by atoms with Crippen LogP contribution in [0, 0.1) is 0 Å². The van der Waals surface area contributed by atoms with Crippen molar-refractivity contribution in [1.82, 2.24) is 0 Å². The molecule has 1 N–H and O–H groups in total. The van der Waals surface area contributed by atoms with E-state index in [-0.39, 0.29) is 5.75 Å². The van der Waals surface area contributed by atoms with E-state index in [1.54, 1.807) is 6.07 Å². The number of rotatable bonds is 4. The highest BCUT2D eigenvalue weighted by atomic mass is 16.3. The molecule has 0 aliphatic carbocycles. The summed E-state index contributed by atoms with van der Waals surface area (Å²) in [6.07, 6.45) is 8.04. The molecule has 25 heavy (non-hydrogen) atoms. The van der Waals surface area contributed by atoms with Crippen LogP contribution in [0.25, 0.3) is 24.3 Å². The monoisotopic (exact) mass is 326 g/mol. The second kappa shape index (κ2) is 9.74. The summed E-state index contributed by atoms with van der Waals surface area (Å²) in [4.78, 5) is 0. The maximum absolute atomic E-state index is 10.2. The fraction of sp³-hybridized carbons (Fsp3) is 0. The van der Waals surface area contributed by atoms with Crippen LogP contribution in [0.4, 0.5) is 0 Å². The Hall–Kier alpha value is -3.32. The van der Waals surface area contributed by atoms with E-state index in [9.17, 15) is 5.11 Å². The lowest BCUT2D eigenvalue weighted by molar-refractivity contribution is 0.474. The van der Waals surface area contributed by atoms with Crippen molar-refractivity contribution >= 4 is 24.3 Å². The second-order valence-electron chi connectivity index (χ2n) is 5.27. The summed E-state index contributed by atoms with van der Waals surface area (Å²) in [6, 6.07) is 25.8. The summed E-state index contributed by atoms with van der Waals surface area (Å²) in [7, 11) is 0. The first-order valence-electron chi connectivity index (χ1n) is 8.11. The Balaban J connectivity index is 0.00000109. The van der Waals surface area contributed by atoms with Crippen LogP contribution < -0.4 is 0 Å². The molecule has 0 radical (unpaired) electrons. The average Bonchev–Trinajstić information content (AvgIpc) is 2.69. The molecule has 3 aromatic rings. The molecule has 124 valence electrons. The zero-order chi connectivity index (χ0) is 17.9. The van der Waals surface area contributed by atoms with Crippen molar-refractivity contribution in [3.05, 3.63) is 114 Å². The highest BCUT2D eigenvalue weighted by Crippen LogP contribution is 2.25. The summed E-state index contributed by atoms with van der Waals surface area (Å²) in [6.45, 7) is 6.00. The number of phenols is 1. The molecule has 3 aromatic carbocycles. The largest absolute Gasteiger partial charge is 0.507 e. The van der Waals surface area contributed by atoms with Gasteiger partial charge < -0.3 is 5.11 Å². The molecular formula is C24H22O. The number of benzene rings is 3. The van der Waals surface area contributed by atoms with Gasteiger partial charge in [0.25, 0.3) is 0 Å². The molecule has 0 spiro atoms. The van der Waals surface area contributed by atoms with Gasteiger partial charge in [0, 0.05) is 5.56 Å². The molecule has 0 saturated heterocycles. The van der Waals surface area contributed by atoms with E-state index >= 15 is 0 Å². The highest BCUT2D eigenvalue weighted by molar-refractivity contribution is 5.81. The van der Waals surface area contributed by atoms with Crippen molar-refractivity contribution in [3.8, 4) is 5.75 Å². The van der Waals surface area contributed by atoms with Gasteiger partial charge >= 0.3 is 0 Å². The van der Waals surface area contributed by atoms with Gasteiger partial charge in [0.1, 0.15) is 5.75 Å². The van der Waals surface area contributed by atoms with Crippen molar-refractivity contribution in [2.24, 2.45) is 0 Å². The quantitative estimate of drug-likeness (QED) is 0.426. The van der Waals surface area contributed by atoms with E-state index in [4.69, 9.17) is 0 Å². The van der Waals surface area contributed by atoms with Crippen LogP contribution in [0.5, 0.6) is 5.75 Å². The Labute approximate surface area is 149 Å². The lowest BCUT2D eigenvalue weighted by Gasteiger charge is -2.04. The minimum Gasteiger partial charge on any atom is -0.507 e. The first-order chi connectivity index (χ1) is 12.3. The molecule has 3 rings (SSSR count). The van der Waals surface area contributed by atoms with E-state index < -0.39 is 0 Å². The lowest BCUT2D eigenvalue weighted by atomic mass is 10.0. The van der Waals surface area contributed by atoms with Crippen LogP contribution in [0.3, 0.4) is 0 Å². The first kappa shape index (κ1) is 18.0. The van der Waals surface area contributed by atoms with Gasteiger partial charge in [-0.25, -0.2) is 0 Å². The molecule has 0 aliphatic heterocycles. The van der Waals surface area contributed by atoms with Crippen LogP contribution in [0.2, 0.25) is 0 Å². The standard InChI is InChI=1S/C22H18O.C2H4/c23-22-13-7-12-20(16-14-18-8-3-1-4-9-18)21(22)17-15-19-10-5-2-6-11-19;1-2/h1-17,23H;1-2H2/b16-14+,17-15+;. The van der Waals surface area contributed by atoms with E-state index in [1.165, 1.54) is 0 Å². The highest BCUT2D eigenvalue weighted by Gasteiger charge is 2.02. The minimum atomic E-state index is 0.285. The summed E-state index contributed by atoms with van der Waals surface area (Å²) in [5.41, 5.74) is 4.05. The van der Waals surface area contributed by atoms with Gasteiger partial charge in [0.15, 0.2) is 0 Å². The lowest BCUT2D eigenvalue weighted by Crippen LogP contribution is -1.82. The molecule has 0 amide bonds. The van der Waals surface area contributed by atoms with Gasteiger partial charge in [-0.1, -0.05) is 97.1 Å². The third kappa shape index (κ3) is 5.36. The van der Waals surface area contributed by atoms with Gasteiger partial charge in [-0.15, -0.1) is 13.2 Å². The Morgan fingerprint density at radius 3 is 1.64 bits per heavy atom. The number of aromatic hydroxyl groups is 1. The van der Waals surface area contributed by atoms with Crippen LogP contribution in [0.15, 0.2) is 92.0 Å². The van der Waals surface area contributed by atoms with Gasteiger partial charge in [0.2, 0.25) is 0 Å². The molecule has 0 bridgehead atoms. The normalized spacial score (nSPS) is 10.6. The third-order valence-corrected chi connectivity index (χ3v) is 3.61. The predicted octanol–water partition coefficient (Wildman–Crippen LogP) is 6.54. The van der Waals surface area contributed by atoms with Gasteiger partial charge in [-0.2, -0.15) is 0 Å². The zero-order valence-electron chi connectivity index (χ0n) is 14.2. The minimum absolute atomic E-state index is 0.285. The van der Waals surface area contributed by atoms with Gasteiger partial charge in [-0.05, 0) is 22.8 Å². The third-order valence-electron chi connectivity index (χ3n) is 3.61. The molecule has 0 heterocycles. The molecule has 0 fully saturated rings. The molecule has 0 saturated carbocycles. The first-order valence-corrected chi connectivity index (χ1v) is 8.11. The van der Waals surface area contributed by atoms with Crippen LogP contribution in [0.1, 0.15) is 22.3 Å². The van der Waals surface area contributed by atoms with Gasteiger partial charge in [0.05, 0.1) is 0 Å². The maximum atomic E-state index is 10.2. The predicted molar refractivity (Wildman–Crippen MR) is 110 cm³/mol. The smallest absolute Gasteiger partial charge is 0.123 e. The molecule has 0 atom stereocenters. The van der Waals surface area contributed by atoms with Crippen molar-refractivity contribution < 1.29 is 5.11 Å². The van der Waals surface area contributed by atoms with Crippen LogP contribution in [-0.4, -0.2) is 5.11 Å².